The van der Waals surface area contributed by atoms with Gasteiger partial charge in [-0.25, -0.2) is 24.5 Å². The van der Waals surface area contributed by atoms with Crippen LogP contribution in [0.25, 0.3) is 11.0 Å². The Labute approximate surface area is 152 Å². The van der Waals surface area contributed by atoms with E-state index < -0.39 is 12.1 Å². The Kier molecular flexibility index (Phi) is 3.92. The number of rotatable bonds is 3. The van der Waals surface area contributed by atoms with Crippen molar-refractivity contribution in [3.63, 3.8) is 0 Å². The lowest BCUT2D eigenvalue weighted by Crippen LogP contribution is -2.46. The van der Waals surface area contributed by atoms with Gasteiger partial charge in [-0.2, -0.15) is 0 Å². The van der Waals surface area contributed by atoms with E-state index in [2.05, 4.69) is 24.7 Å². The van der Waals surface area contributed by atoms with Gasteiger partial charge in [0.2, 0.25) is 0 Å². The van der Waals surface area contributed by atoms with E-state index in [4.69, 9.17) is 17.3 Å². The van der Waals surface area contributed by atoms with E-state index in [-0.39, 0.29) is 11.6 Å². The summed E-state index contributed by atoms with van der Waals surface area (Å²) in [4.78, 5) is 40.5. The third kappa shape index (κ3) is 2.93. The average Bonchev–Trinajstić information content (AvgIpc) is 2.95. The third-order valence-electron chi connectivity index (χ3n) is 4.10. The van der Waals surface area contributed by atoms with Crippen molar-refractivity contribution in [1.29, 1.82) is 0 Å². The molecule has 0 aliphatic carbocycles. The molecule has 26 heavy (non-hydrogen) atoms. The number of H-pyrrole nitrogens is 1. The fraction of sp³-hybridized carbons (Fsp3) is 0.188. The fourth-order valence-electron chi connectivity index (χ4n) is 2.87. The minimum Gasteiger partial charge on any atom is -0.371 e. The summed E-state index contributed by atoms with van der Waals surface area (Å²) in [6.45, 7) is 1.17. The van der Waals surface area contributed by atoms with E-state index in [1.165, 1.54) is 12.4 Å². The summed E-state index contributed by atoms with van der Waals surface area (Å²) in [6.07, 6.45) is 1.63. The molecule has 1 aliphatic heterocycles. The number of imidazole rings is 1. The summed E-state index contributed by atoms with van der Waals surface area (Å²) in [5, 5.41) is 0.639. The highest BCUT2D eigenvalue weighted by atomic mass is 35.5. The predicted molar refractivity (Wildman–Crippen MR) is 93.1 cm³/mol. The quantitative estimate of drug-likeness (QED) is 0.530. The molecule has 1 amide bonds. The molecule has 0 bridgehead atoms. The van der Waals surface area contributed by atoms with Crippen molar-refractivity contribution < 1.29 is 14.3 Å². The first-order valence-electron chi connectivity index (χ1n) is 7.74. The fourth-order valence-corrected chi connectivity index (χ4v) is 3.04. The number of nitrogens with zero attached hydrogens (tertiary/aromatic N) is 4. The Morgan fingerprint density at radius 3 is 2.81 bits per heavy atom. The molecule has 132 valence electrons. The number of amides is 1. The number of primary amides is 1. The highest BCUT2D eigenvalue weighted by Gasteiger charge is 2.34. The van der Waals surface area contributed by atoms with Crippen LogP contribution in [0.1, 0.15) is 22.2 Å². The van der Waals surface area contributed by atoms with E-state index >= 15 is 0 Å². The largest absolute Gasteiger partial charge is 0.412 e. The Hall–Kier alpha value is -3.20. The lowest BCUT2D eigenvalue weighted by Gasteiger charge is -2.39. The van der Waals surface area contributed by atoms with Crippen LogP contribution >= 0.6 is 11.6 Å². The van der Waals surface area contributed by atoms with Crippen molar-refractivity contribution in [1.82, 2.24) is 19.9 Å². The van der Waals surface area contributed by atoms with Crippen LogP contribution in [0.15, 0.2) is 30.6 Å². The number of anilines is 1. The number of nitrogens with one attached hydrogen (secondary N) is 1. The second-order valence-electron chi connectivity index (χ2n) is 5.82. The number of halogens is 1. The number of hydrogen-bond donors (Lipinski definition) is 2. The lowest BCUT2D eigenvalue weighted by atomic mass is 9.99. The van der Waals surface area contributed by atoms with Crippen LogP contribution < -0.4 is 10.6 Å². The first-order chi connectivity index (χ1) is 12.5. The number of benzene rings is 1. The third-order valence-corrected chi connectivity index (χ3v) is 4.33. The molecular weight excluding hydrogens is 360 g/mol. The molecule has 1 fully saturated rings. The number of aromatic amines is 1. The molecule has 0 spiro atoms. The van der Waals surface area contributed by atoms with Gasteiger partial charge in [0, 0.05) is 30.5 Å². The summed E-state index contributed by atoms with van der Waals surface area (Å²) in [7, 11) is 0. The molecule has 3 N–H and O–H groups in total. The first kappa shape index (κ1) is 16.3. The molecule has 0 atom stereocenters. The van der Waals surface area contributed by atoms with Crippen LogP contribution in [0.2, 0.25) is 5.02 Å². The van der Waals surface area contributed by atoms with Crippen molar-refractivity contribution >= 4 is 40.5 Å². The predicted octanol–water partition coefficient (Wildman–Crippen LogP) is 1.85. The number of ether oxygens (including phenoxy) is 1. The minimum absolute atomic E-state index is 0.0545. The second kappa shape index (κ2) is 6.26. The van der Waals surface area contributed by atoms with Crippen LogP contribution in [0.5, 0.6) is 0 Å². The van der Waals surface area contributed by atoms with Crippen LogP contribution in [0, 0.1) is 0 Å². The Morgan fingerprint density at radius 2 is 2.04 bits per heavy atom. The molecule has 3 heterocycles. The number of aromatic nitrogens is 4. The molecule has 1 saturated heterocycles. The summed E-state index contributed by atoms with van der Waals surface area (Å²) in [5.74, 6) is 0.392. The van der Waals surface area contributed by atoms with Gasteiger partial charge < -0.3 is 20.4 Å². The van der Waals surface area contributed by atoms with Crippen molar-refractivity contribution in [2.45, 2.75) is 5.92 Å². The van der Waals surface area contributed by atoms with E-state index in [0.29, 0.717) is 23.9 Å². The van der Waals surface area contributed by atoms with E-state index in [1.807, 2.05) is 17.0 Å². The maximum Gasteiger partial charge on any atom is 0.412 e. The molecule has 3 aromatic rings. The molecule has 10 heteroatoms. The van der Waals surface area contributed by atoms with Crippen molar-refractivity contribution in [2.24, 2.45) is 5.73 Å². The molecular formula is C16H13ClN6O3. The summed E-state index contributed by atoms with van der Waals surface area (Å²) >= 11 is 5.99. The first-order valence-corrected chi connectivity index (χ1v) is 8.12. The Balaban J connectivity index is 1.52. The molecule has 1 aromatic carbocycles. The monoisotopic (exact) mass is 372 g/mol. The zero-order valence-corrected chi connectivity index (χ0v) is 14.1. The standard InChI is InChI=1S/C16H13ClN6O3/c17-9-1-2-10-11(5-9)22-13(21-10)8-6-23(7-8)14-12(19-3-4-20-14)15(24)26-16(18)25/h1-5,8H,6-7H2,(H2,18,25)(H,21,22). The van der Waals surface area contributed by atoms with Crippen LogP contribution in [-0.2, 0) is 4.74 Å². The van der Waals surface area contributed by atoms with Gasteiger partial charge in [0.1, 0.15) is 5.82 Å². The minimum atomic E-state index is -1.19. The zero-order chi connectivity index (χ0) is 18.3. The van der Waals surface area contributed by atoms with Gasteiger partial charge in [-0.15, -0.1) is 0 Å². The molecule has 0 unspecified atom stereocenters. The average molecular weight is 373 g/mol. The number of fused-ring (bicyclic) bond motifs is 1. The normalized spacial score (nSPS) is 14.3. The van der Waals surface area contributed by atoms with Gasteiger partial charge in [0.05, 0.1) is 17.0 Å². The van der Waals surface area contributed by atoms with E-state index in [1.54, 1.807) is 6.07 Å². The van der Waals surface area contributed by atoms with E-state index in [9.17, 15) is 9.59 Å². The number of carbonyl (C=O) groups is 2. The number of hydrogen-bond acceptors (Lipinski definition) is 7. The van der Waals surface area contributed by atoms with E-state index in [0.717, 1.165) is 16.9 Å². The van der Waals surface area contributed by atoms with Gasteiger partial charge >= 0.3 is 12.1 Å². The molecule has 1 aliphatic rings. The highest BCUT2D eigenvalue weighted by Crippen LogP contribution is 2.32. The van der Waals surface area contributed by atoms with Crippen LogP contribution in [0.4, 0.5) is 10.6 Å². The summed E-state index contributed by atoms with van der Waals surface area (Å²) < 4.78 is 4.40. The highest BCUT2D eigenvalue weighted by molar-refractivity contribution is 6.31. The number of carbonyl (C=O) groups excluding carboxylic acids is 2. The Bertz CT molecular complexity index is 1010. The smallest absolute Gasteiger partial charge is 0.371 e. The summed E-state index contributed by atoms with van der Waals surface area (Å²) in [5.41, 5.74) is 6.54. The molecule has 2 aromatic heterocycles. The van der Waals surface area contributed by atoms with Gasteiger partial charge in [0.15, 0.2) is 11.5 Å². The molecule has 0 radical (unpaired) electrons. The lowest BCUT2D eigenvalue weighted by molar-refractivity contribution is 0.0632. The van der Waals surface area contributed by atoms with Crippen molar-refractivity contribution in [2.75, 3.05) is 18.0 Å². The maximum absolute atomic E-state index is 11.9. The zero-order valence-electron chi connectivity index (χ0n) is 13.3. The SMILES string of the molecule is NC(=O)OC(=O)c1nccnc1N1CC(c2nc3ccc(Cl)cc3[nH]2)C1. The Morgan fingerprint density at radius 1 is 1.27 bits per heavy atom. The molecule has 9 nitrogen and oxygen atoms in total. The number of nitrogens with two attached hydrogens (primary N) is 1. The van der Waals surface area contributed by atoms with Gasteiger partial charge in [-0.1, -0.05) is 11.6 Å². The second-order valence-corrected chi connectivity index (χ2v) is 6.26. The van der Waals surface area contributed by atoms with Gasteiger partial charge in [-0.05, 0) is 18.2 Å². The number of esters is 1. The maximum atomic E-state index is 11.9. The van der Waals surface area contributed by atoms with Crippen LogP contribution in [0.3, 0.4) is 0 Å². The van der Waals surface area contributed by atoms with Gasteiger partial charge in [-0.3, -0.25) is 0 Å². The molecule has 4 rings (SSSR count). The summed E-state index contributed by atoms with van der Waals surface area (Å²) in [6, 6.07) is 5.47. The topological polar surface area (TPSA) is 127 Å². The van der Waals surface area contributed by atoms with Crippen molar-refractivity contribution in [3.8, 4) is 0 Å². The molecule has 0 saturated carbocycles. The van der Waals surface area contributed by atoms with Crippen LogP contribution in [-0.4, -0.2) is 45.1 Å². The van der Waals surface area contributed by atoms with Gasteiger partial charge in [0.25, 0.3) is 0 Å². The van der Waals surface area contributed by atoms with Crippen molar-refractivity contribution in [3.05, 3.63) is 47.1 Å².